The molecule has 0 saturated heterocycles. The number of hydrogen-bond acceptors (Lipinski definition) is 6. The van der Waals surface area contributed by atoms with Crippen LogP contribution in [0.1, 0.15) is 12.6 Å². The number of carbonyl (C=O) groups excluding carboxylic acids is 1. The lowest BCUT2D eigenvalue weighted by Crippen LogP contribution is -2.09. The molecule has 0 atom stereocenters. The number of fused-ring (bicyclic) bond motifs is 1. The van der Waals surface area contributed by atoms with E-state index in [0.717, 1.165) is 0 Å². The Labute approximate surface area is 97.0 Å². The molecule has 0 unspecified atom stereocenters. The lowest BCUT2D eigenvalue weighted by molar-refractivity contribution is -0.142. The monoisotopic (exact) mass is 238 g/mol. The first-order chi connectivity index (χ1) is 7.70. The Balaban J connectivity index is 2.28. The van der Waals surface area contributed by atoms with E-state index in [9.17, 15) is 4.79 Å². The molecule has 0 aromatic carbocycles. The molecule has 84 valence electrons. The van der Waals surface area contributed by atoms with Crippen molar-refractivity contribution in [1.29, 1.82) is 0 Å². The van der Waals surface area contributed by atoms with E-state index in [1.807, 2.05) is 0 Å². The molecule has 0 amide bonds. The predicted octanol–water partition coefficient (Wildman–Crippen LogP) is 0.519. The van der Waals surface area contributed by atoms with Crippen LogP contribution in [0.5, 0.6) is 0 Å². The predicted molar refractivity (Wildman–Crippen MR) is 58.4 cm³/mol. The lowest BCUT2D eigenvalue weighted by Gasteiger charge is -2.03. The van der Waals surface area contributed by atoms with Crippen molar-refractivity contribution in [2.45, 2.75) is 18.4 Å². The van der Waals surface area contributed by atoms with Crippen LogP contribution in [0.15, 0.2) is 17.3 Å². The molecule has 0 aliphatic rings. The molecule has 0 aliphatic heterocycles. The number of thiol groups is 1. The molecule has 0 N–H and O–H groups in total. The summed E-state index contributed by atoms with van der Waals surface area (Å²) in [6.45, 7) is 2.13. The minimum atomic E-state index is -0.306. The van der Waals surface area contributed by atoms with Crippen LogP contribution in [0.3, 0.4) is 0 Å². The highest BCUT2D eigenvalue weighted by atomic mass is 32.1. The van der Waals surface area contributed by atoms with E-state index in [-0.39, 0.29) is 12.4 Å². The van der Waals surface area contributed by atoms with Gasteiger partial charge in [-0.2, -0.15) is 4.52 Å². The van der Waals surface area contributed by atoms with Crippen molar-refractivity contribution in [1.82, 2.24) is 19.8 Å². The van der Waals surface area contributed by atoms with Gasteiger partial charge in [0.2, 0.25) is 0 Å². The van der Waals surface area contributed by atoms with Crippen LogP contribution in [-0.2, 0) is 16.0 Å². The van der Waals surface area contributed by atoms with Crippen molar-refractivity contribution in [3.8, 4) is 0 Å². The summed E-state index contributed by atoms with van der Waals surface area (Å²) in [5.41, 5.74) is 1.16. The van der Waals surface area contributed by atoms with Crippen LogP contribution in [-0.4, -0.2) is 32.4 Å². The van der Waals surface area contributed by atoms with Gasteiger partial charge in [-0.25, -0.2) is 4.98 Å². The molecule has 2 rings (SSSR count). The molecule has 7 heteroatoms. The normalized spacial score (nSPS) is 10.6. The van der Waals surface area contributed by atoms with E-state index in [2.05, 4.69) is 27.9 Å². The van der Waals surface area contributed by atoms with Crippen molar-refractivity contribution < 1.29 is 9.53 Å². The number of carbonyl (C=O) groups is 1. The van der Waals surface area contributed by atoms with Gasteiger partial charge in [0.05, 0.1) is 24.9 Å². The van der Waals surface area contributed by atoms with Crippen molar-refractivity contribution in [2.24, 2.45) is 0 Å². The van der Waals surface area contributed by atoms with Gasteiger partial charge in [0.1, 0.15) is 5.03 Å². The van der Waals surface area contributed by atoms with Gasteiger partial charge >= 0.3 is 5.97 Å². The molecular formula is C9H10N4O2S. The van der Waals surface area contributed by atoms with Crippen LogP contribution in [0.25, 0.3) is 5.65 Å². The maximum absolute atomic E-state index is 11.3. The highest BCUT2D eigenvalue weighted by molar-refractivity contribution is 7.80. The van der Waals surface area contributed by atoms with Gasteiger partial charge in [-0.15, -0.1) is 17.7 Å². The van der Waals surface area contributed by atoms with Crippen molar-refractivity contribution in [3.63, 3.8) is 0 Å². The zero-order valence-electron chi connectivity index (χ0n) is 8.62. The molecule has 2 heterocycles. The molecule has 0 fully saturated rings. The fraction of sp³-hybridized carbons (Fsp3) is 0.333. The van der Waals surface area contributed by atoms with Gasteiger partial charge in [0, 0.05) is 0 Å². The summed E-state index contributed by atoms with van der Waals surface area (Å²) in [7, 11) is 0. The van der Waals surface area contributed by atoms with Gasteiger partial charge in [0.15, 0.2) is 5.65 Å². The molecule has 0 saturated carbocycles. The highest BCUT2D eigenvalue weighted by Crippen LogP contribution is 2.10. The Kier molecular flexibility index (Phi) is 3.04. The zero-order chi connectivity index (χ0) is 11.5. The van der Waals surface area contributed by atoms with E-state index in [0.29, 0.717) is 23.0 Å². The van der Waals surface area contributed by atoms with Gasteiger partial charge in [-0.3, -0.25) is 4.79 Å². The Bertz CT molecular complexity index is 525. The Morgan fingerprint density at radius 2 is 2.44 bits per heavy atom. The minimum absolute atomic E-state index is 0.128. The summed E-state index contributed by atoms with van der Waals surface area (Å²) in [5.74, 6) is -0.306. The molecule has 6 nitrogen and oxygen atoms in total. The van der Waals surface area contributed by atoms with Gasteiger partial charge in [0.25, 0.3) is 0 Å². The molecule has 0 bridgehead atoms. The Hall–Kier alpha value is -1.63. The number of ether oxygens (including phenoxy) is 1. The Morgan fingerprint density at radius 3 is 3.19 bits per heavy atom. The second kappa shape index (κ2) is 4.48. The van der Waals surface area contributed by atoms with Crippen molar-refractivity contribution in [2.75, 3.05) is 6.61 Å². The summed E-state index contributed by atoms with van der Waals surface area (Å²) < 4.78 is 6.32. The van der Waals surface area contributed by atoms with E-state index in [4.69, 9.17) is 4.74 Å². The second-order valence-corrected chi connectivity index (χ2v) is 3.55. The first-order valence-electron chi connectivity index (χ1n) is 4.75. The molecular weight excluding hydrogens is 228 g/mol. The summed E-state index contributed by atoms with van der Waals surface area (Å²) in [6.07, 6.45) is 1.64. The molecule has 16 heavy (non-hydrogen) atoms. The average molecular weight is 238 g/mol. The molecule has 2 aromatic heterocycles. The summed E-state index contributed by atoms with van der Waals surface area (Å²) >= 11 is 4.23. The largest absolute Gasteiger partial charge is 0.466 e. The third-order valence-electron chi connectivity index (χ3n) is 1.93. The third kappa shape index (κ3) is 2.13. The van der Waals surface area contributed by atoms with Crippen LogP contribution in [0, 0.1) is 0 Å². The van der Waals surface area contributed by atoms with E-state index < -0.39 is 0 Å². The number of hydrogen-bond donors (Lipinski definition) is 1. The maximum Gasteiger partial charge on any atom is 0.311 e. The number of nitrogens with zero attached hydrogens (tertiary/aromatic N) is 4. The number of aromatic nitrogens is 4. The number of esters is 1. The molecule has 0 radical (unpaired) electrons. The maximum atomic E-state index is 11.3. The van der Waals surface area contributed by atoms with Gasteiger partial charge < -0.3 is 4.74 Å². The van der Waals surface area contributed by atoms with Crippen LogP contribution in [0.4, 0.5) is 0 Å². The van der Waals surface area contributed by atoms with Gasteiger partial charge in [-0.05, 0) is 13.0 Å². The summed E-state index contributed by atoms with van der Waals surface area (Å²) in [5, 5.41) is 8.08. The first-order valence-corrected chi connectivity index (χ1v) is 5.20. The van der Waals surface area contributed by atoms with E-state index in [1.165, 1.54) is 10.7 Å². The zero-order valence-corrected chi connectivity index (χ0v) is 9.52. The molecule has 0 aliphatic carbocycles. The second-order valence-electron chi connectivity index (χ2n) is 3.09. The van der Waals surface area contributed by atoms with Crippen molar-refractivity contribution >= 4 is 24.2 Å². The fourth-order valence-corrected chi connectivity index (χ4v) is 1.60. The molecule has 2 aromatic rings. The highest BCUT2D eigenvalue weighted by Gasteiger charge is 2.09. The smallest absolute Gasteiger partial charge is 0.311 e. The van der Waals surface area contributed by atoms with E-state index >= 15 is 0 Å². The molecule has 0 spiro atoms. The number of rotatable bonds is 3. The summed E-state index contributed by atoms with van der Waals surface area (Å²) in [4.78, 5) is 15.5. The van der Waals surface area contributed by atoms with Crippen molar-refractivity contribution in [3.05, 3.63) is 18.0 Å². The third-order valence-corrected chi connectivity index (χ3v) is 2.25. The Morgan fingerprint density at radius 1 is 1.62 bits per heavy atom. The minimum Gasteiger partial charge on any atom is -0.466 e. The average Bonchev–Trinajstić information content (AvgIpc) is 2.66. The summed E-state index contributed by atoms with van der Waals surface area (Å²) in [6, 6.07) is 1.67. The van der Waals surface area contributed by atoms with Crippen LogP contribution < -0.4 is 0 Å². The topological polar surface area (TPSA) is 69.4 Å². The van der Waals surface area contributed by atoms with E-state index in [1.54, 1.807) is 13.0 Å². The lowest BCUT2D eigenvalue weighted by atomic mass is 10.3. The quantitative estimate of drug-likeness (QED) is 0.479. The first kappa shape index (κ1) is 10.9. The standard InChI is InChI=1S/C9H10N4O2S/c1-2-15-9(14)4-6-3-8(16)13-7(11-6)5-10-12-13/h3,5,16H,2,4H2,1H3. The SMILES string of the molecule is CCOC(=O)Cc1cc(S)n2nncc2n1. The van der Waals surface area contributed by atoms with Crippen LogP contribution in [0.2, 0.25) is 0 Å². The van der Waals surface area contributed by atoms with Crippen LogP contribution >= 0.6 is 12.6 Å². The fourth-order valence-electron chi connectivity index (χ4n) is 1.31. The van der Waals surface area contributed by atoms with Gasteiger partial charge in [-0.1, -0.05) is 5.21 Å².